The predicted molar refractivity (Wildman–Crippen MR) is 80.2 cm³/mol. The summed E-state index contributed by atoms with van der Waals surface area (Å²) < 4.78 is 0. The SMILES string of the molecule is CCC(=O)NCCCCC(C)C(=O)N1CCSCC1. The molecular weight excluding hydrogens is 260 g/mol. The molecule has 19 heavy (non-hydrogen) atoms. The van der Waals surface area contributed by atoms with Crippen molar-refractivity contribution in [3.63, 3.8) is 0 Å². The van der Waals surface area contributed by atoms with Gasteiger partial charge in [0.2, 0.25) is 11.8 Å². The first-order valence-corrected chi connectivity index (χ1v) is 8.43. The van der Waals surface area contributed by atoms with Gasteiger partial charge in [-0.3, -0.25) is 9.59 Å². The Morgan fingerprint density at radius 1 is 1.26 bits per heavy atom. The molecule has 0 saturated carbocycles. The lowest BCUT2D eigenvalue weighted by Crippen LogP contribution is -2.40. The van der Waals surface area contributed by atoms with Crippen LogP contribution in [0.3, 0.4) is 0 Å². The maximum Gasteiger partial charge on any atom is 0.225 e. The highest BCUT2D eigenvalue weighted by atomic mass is 32.2. The Morgan fingerprint density at radius 3 is 2.58 bits per heavy atom. The molecule has 1 rings (SSSR count). The van der Waals surface area contributed by atoms with Crippen molar-refractivity contribution >= 4 is 23.6 Å². The molecule has 1 aliphatic rings. The highest BCUT2D eigenvalue weighted by Crippen LogP contribution is 2.15. The first-order valence-electron chi connectivity index (χ1n) is 7.28. The number of carbonyl (C=O) groups excluding carboxylic acids is 2. The lowest BCUT2D eigenvalue weighted by Gasteiger charge is -2.29. The number of hydrogen-bond acceptors (Lipinski definition) is 3. The van der Waals surface area contributed by atoms with Crippen LogP contribution in [0.15, 0.2) is 0 Å². The maximum atomic E-state index is 12.2. The van der Waals surface area contributed by atoms with Gasteiger partial charge in [0, 0.05) is 43.5 Å². The number of amides is 2. The summed E-state index contributed by atoms with van der Waals surface area (Å²) >= 11 is 1.92. The molecule has 0 aromatic heterocycles. The van der Waals surface area contributed by atoms with E-state index in [0.29, 0.717) is 12.3 Å². The van der Waals surface area contributed by atoms with Gasteiger partial charge in [-0.1, -0.05) is 20.3 Å². The summed E-state index contributed by atoms with van der Waals surface area (Å²) in [5.74, 6) is 2.67. The van der Waals surface area contributed by atoms with E-state index in [9.17, 15) is 9.59 Å². The van der Waals surface area contributed by atoms with Crippen LogP contribution < -0.4 is 5.32 Å². The topological polar surface area (TPSA) is 49.4 Å². The van der Waals surface area contributed by atoms with Crippen LogP contribution in [0, 0.1) is 5.92 Å². The number of unbranched alkanes of at least 4 members (excludes halogenated alkanes) is 1. The van der Waals surface area contributed by atoms with Crippen LogP contribution in [0.25, 0.3) is 0 Å². The summed E-state index contributed by atoms with van der Waals surface area (Å²) in [6.07, 6.45) is 3.42. The van der Waals surface area contributed by atoms with Crippen LogP contribution in [-0.2, 0) is 9.59 Å². The Balaban J connectivity index is 2.11. The highest BCUT2D eigenvalue weighted by Gasteiger charge is 2.21. The zero-order chi connectivity index (χ0) is 14.1. The first-order chi connectivity index (χ1) is 9.15. The largest absolute Gasteiger partial charge is 0.356 e. The van der Waals surface area contributed by atoms with Gasteiger partial charge in [-0.15, -0.1) is 0 Å². The van der Waals surface area contributed by atoms with Crippen molar-refractivity contribution in [3.05, 3.63) is 0 Å². The van der Waals surface area contributed by atoms with Gasteiger partial charge in [-0.2, -0.15) is 11.8 Å². The molecule has 1 heterocycles. The van der Waals surface area contributed by atoms with Gasteiger partial charge in [0.1, 0.15) is 0 Å². The molecule has 1 N–H and O–H groups in total. The molecule has 0 aromatic carbocycles. The molecule has 110 valence electrons. The summed E-state index contributed by atoms with van der Waals surface area (Å²) in [5.41, 5.74) is 0. The molecule has 4 nitrogen and oxygen atoms in total. The third-order valence-corrected chi connectivity index (χ3v) is 4.39. The molecule has 0 bridgehead atoms. The van der Waals surface area contributed by atoms with Crippen LogP contribution in [0.5, 0.6) is 0 Å². The van der Waals surface area contributed by atoms with Gasteiger partial charge >= 0.3 is 0 Å². The van der Waals surface area contributed by atoms with Crippen LogP contribution in [0.1, 0.15) is 39.5 Å². The second-order valence-electron chi connectivity index (χ2n) is 5.04. The lowest BCUT2D eigenvalue weighted by molar-refractivity contribution is -0.134. The molecule has 1 saturated heterocycles. The van der Waals surface area contributed by atoms with Crippen molar-refractivity contribution in [2.24, 2.45) is 5.92 Å². The minimum atomic E-state index is 0.106. The van der Waals surface area contributed by atoms with Gasteiger partial charge < -0.3 is 10.2 Å². The van der Waals surface area contributed by atoms with Crippen LogP contribution in [0.2, 0.25) is 0 Å². The Hall–Kier alpha value is -0.710. The first kappa shape index (κ1) is 16.3. The second-order valence-corrected chi connectivity index (χ2v) is 6.26. The Labute approximate surface area is 120 Å². The third kappa shape index (κ3) is 6.32. The normalized spacial score (nSPS) is 17.1. The number of nitrogens with one attached hydrogen (secondary N) is 1. The zero-order valence-corrected chi connectivity index (χ0v) is 12.9. The molecule has 1 aliphatic heterocycles. The Morgan fingerprint density at radius 2 is 1.95 bits per heavy atom. The minimum absolute atomic E-state index is 0.106. The molecule has 0 spiro atoms. The predicted octanol–water partition coefficient (Wildman–Crippen LogP) is 1.89. The standard InChI is InChI=1S/C14H26N2O2S/c1-3-13(17)15-7-5-4-6-12(2)14(18)16-8-10-19-11-9-16/h12H,3-11H2,1-2H3,(H,15,17). The van der Waals surface area contributed by atoms with E-state index in [2.05, 4.69) is 5.32 Å². The van der Waals surface area contributed by atoms with Gasteiger partial charge in [-0.05, 0) is 12.8 Å². The number of thioether (sulfide) groups is 1. The smallest absolute Gasteiger partial charge is 0.225 e. The number of nitrogens with zero attached hydrogens (tertiary/aromatic N) is 1. The van der Waals surface area contributed by atoms with Crippen molar-refractivity contribution in [1.82, 2.24) is 10.2 Å². The zero-order valence-electron chi connectivity index (χ0n) is 12.1. The van der Waals surface area contributed by atoms with E-state index in [1.54, 1.807) is 0 Å². The van der Waals surface area contributed by atoms with E-state index in [1.807, 2.05) is 30.5 Å². The van der Waals surface area contributed by atoms with Crippen LogP contribution in [-0.4, -0.2) is 47.9 Å². The number of rotatable bonds is 7. The lowest BCUT2D eigenvalue weighted by atomic mass is 10.0. The highest BCUT2D eigenvalue weighted by molar-refractivity contribution is 7.99. The molecule has 1 atom stereocenters. The summed E-state index contributed by atoms with van der Waals surface area (Å²) in [6, 6.07) is 0. The average Bonchev–Trinajstić information content (AvgIpc) is 2.46. The van der Waals surface area contributed by atoms with Gasteiger partial charge in [0.05, 0.1) is 0 Å². The fourth-order valence-corrected chi connectivity index (χ4v) is 3.05. The van der Waals surface area contributed by atoms with E-state index in [-0.39, 0.29) is 11.8 Å². The van der Waals surface area contributed by atoms with E-state index in [1.165, 1.54) is 0 Å². The van der Waals surface area contributed by atoms with Crippen molar-refractivity contribution in [2.75, 3.05) is 31.1 Å². The van der Waals surface area contributed by atoms with Crippen molar-refractivity contribution in [2.45, 2.75) is 39.5 Å². The van der Waals surface area contributed by atoms with Gasteiger partial charge in [0.25, 0.3) is 0 Å². The average molecular weight is 286 g/mol. The molecular formula is C14H26N2O2S. The van der Waals surface area contributed by atoms with E-state index < -0.39 is 0 Å². The molecule has 2 amide bonds. The van der Waals surface area contributed by atoms with E-state index >= 15 is 0 Å². The Bertz CT molecular complexity index is 291. The van der Waals surface area contributed by atoms with E-state index in [0.717, 1.165) is 50.4 Å². The molecule has 0 aromatic rings. The number of carbonyl (C=O) groups is 2. The summed E-state index contributed by atoms with van der Waals surface area (Å²) in [7, 11) is 0. The molecule has 5 heteroatoms. The van der Waals surface area contributed by atoms with E-state index in [4.69, 9.17) is 0 Å². The fraction of sp³-hybridized carbons (Fsp3) is 0.857. The molecule has 1 unspecified atom stereocenters. The van der Waals surface area contributed by atoms with Gasteiger partial charge in [-0.25, -0.2) is 0 Å². The van der Waals surface area contributed by atoms with Gasteiger partial charge in [0.15, 0.2) is 0 Å². The molecule has 1 fully saturated rings. The summed E-state index contributed by atoms with van der Waals surface area (Å²) in [5, 5.41) is 2.86. The molecule has 0 aliphatic carbocycles. The molecule has 0 radical (unpaired) electrons. The van der Waals surface area contributed by atoms with Crippen molar-refractivity contribution in [3.8, 4) is 0 Å². The van der Waals surface area contributed by atoms with Crippen molar-refractivity contribution < 1.29 is 9.59 Å². The maximum absolute atomic E-state index is 12.2. The fourth-order valence-electron chi connectivity index (χ4n) is 2.15. The monoisotopic (exact) mass is 286 g/mol. The quantitative estimate of drug-likeness (QED) is 0.727. The Kier molecular flexibility index (Phi) is 7.94. The van der Waals surface area contributed by atoms with Crippen LogP contribution >= 0.6 is 11.8 Å². The summed E-state index contributed by atoms with van der Waals surface area (Å²) in [4.78, 5) is 25.2. The van der Waals surface area contributed by atoms with Crippen molar-refractivity contribution in [1.29, 1.82) is 0 Å². The third-order valence-electron chi connectivity index (χ3n) is 3.45. The minimum Gasteiger partial charge on any atom is -0.356 e. The number of hydrogen-bond donors (Lipinski definition) is 1. The summed E-state index contributed by atoms with van der Waals surface area (Å²) in [6.45, 7) is 6.41. The second kappa shape index (κ2) is 9.23. The van der Waals surface area contributed by atoms with Crippen LogP contribution in [0.4, 0.5) is 0 Å².